The molecule has 0 aromatic carbocycles. The van der Waals surface area contributed by atoms with Gasteiger partial charge in [-0.1, -0.05) is 31.8 Å². The molecule has 1 aliphatic carbocycles. The molecule has 138 valence electrons. The highest BCUT2D eigenvalue weighted by Crippen LogP contribution is 2.40. The van der Waals surface area contributed by atoms with E-state index in [1.807, 2.05) is 13.8 Å². The van der Waals surface area contributed by atoms with Gasteiger partial charge in [-0.25, -0.2) is 9.78 Å². The van der Waals surface area contributed by atoms with Crippen molar-refractivity contribution >= 4 is 23.0 Å². The Labute approximate surface area is 151 Å². The Hall–Kier alpha value is -2.44. The minimum absolute atomic E-state index is 0.0140. The van der Waals surface area contributed by atoms with E-state index in [1.165, 1.54) is 6.20 Å². The summed E-state index contributed by atoms with van der Waals surface area (Å²) >= 11 is 0. The minimum Gasteiger partial charge on any atom is -0.480 e. The lowest BCUT2D eigenvalue weighted by atomic mass is 9.84. The maximum absolute atomic E-state index is 13.2. The van der Waals surface area contributed by atoms with Gasteiger partial charge in [-0.2, -0.15) is 0 Å². The predicted octanol–water partition coefficient (Wildman–Crippen LogP) is 3.20. The number of hydrogen-bond donors (Lipinski definition) is 1. The Morgan fingerprint density at radius 2 is 2.08 bits per heavy atom. The lowest BCUT2D eigenvalue weighted by molar-refractivity contribution is -0.141. The Morgan fingerprint density at radius 1 is 1.31 bits per heavy atom. The van der Waals surface area contributed by atoms with Gasteiger partial charge in [-0.05, 0) is 37.2 Å². The largest absolute Gasteiger partial charge is 0.480 e. The zero-order valence-electron chi connectivity index (χ0n) is 15.0. The van der Waals surface area contributed by atoms with E-state index < -0.39 is 12.0 Å². The van der Waals surface area contributed by atoms with Gasteiger partial charge in [-0.3, -0.25) is 4.79 Å². The summed E-state index contributed by atoms with van der Waals surface area (Å²) < 4.78 is 5.24. The van der Waals surface area contributed by atoms with Gasteiger partial charge in [-0.15, -0.1) is 0 Å². The molecule has 7 heteroatoms. The summed E-state index contributed by atoms with van der Waals surface area (Å²) in [5, 5.41) is 14.4. The van der Waals surface area contributed by atoms with E-state index in [0.29, 0.717) is 17.7 Å². The standard InChI is InChI=1S/C19H23N3O4/c1-10(2)16-13-7-12(9-20-17(13)26-21-16)18(23)22-14-6-4-3-5-11(14)8-15(22)19(24)25/h7,9-11,14-15H,3-6,8H2,1-2H3,(H,24,25)/t11-,14-,15-/m0/s1. The van der Waals surface area contributed by atoms with Crippen LogP contribution in [0.15, 0.2) is 16.8 Å². The smallest absolute Gasteiger partial charge is 0.326 e. The van der Waals surface area contributed by atoms with Crippen molar-refractivity contribution < 1.29 is 19.2 Å². The number of nitrogens with zero attached hydrogens (tertiary/aromatic N) is 3. The lowest BCUT2D eigenvalue weighted by Gasteiger charge is -2.33. The van der Waals surface area contributed by atoms with Gasteiger partial charge in [0.25, 0.3) is 11.6 Å². The first kappa shape index (κ1) is 17.0. The Morgan fingerprint density at radius 3 is 2.81 bits per heavy atom. The Balaban J connectivity index is 1.72. The number of amides is 1. The number of likely N-dealkylation sites (tertiary alicyclic amines) is 1. The fourth-order valence-electron chi connectivity index (χ4n) is 4.51. The first-order valence-electron chi connectivity index (χ1n) is 9.28. The van der Waals surface area contributed by atoms with E-state index in [9.17, 15) is 14.7 Å². The highest BCUT2D eigenvalue weighted by molar-refractivity contribution is 5.99. The van der Waals surface area contributed by atoms with Crippen LogP contribution in [0.3, 0.4) is 0 Å². The van der Waals surface area contributed by atoms with Crippen molar-refractivity contribution in [3.63, 3.8) is 0 Å². The van der Waals surface area contributed by atoms with Crippen LogP contribution in [0, 0.1) is 5.92 Å². The molecule has 7 nitrogen and oxygen atoms in total. The van der Waals surface area contributed by atoms with Crippen LogP contribution in [0.2, 0.25) is 0 Å². The zero-order valence-corrected chi connectivity index (χ0v) is 15.0. The summed E-state index contributed by atoms with van der Waals surface area (Å²) in [6.45, 7) is 4.00. The van der Waals surface area contributed by atoms with Crippen molar-refractivity contribution in [3.8, 4) is 0 Å². The molecule has 1 N–H and O–H groups in total. The molecule has 3 atom stereocenters. The molecule has 0 spiro atoms. The summed E-state index contributed by atoms with van der Waals surface area (Å²) in [5.74, 6) is -0.747. The quantitative estimate of drug-likeness (QED) is 0.906. The molecule has 4 rings (SSSR count). The van der Waals surface area contributed by atoms with Crippen LogP contribution in [-0.2, 0) is 4.79 Å². The third kappa shape index (κ3) is 2.66. The SMILES string of the molecule is CC(C)c1noc2ncc(C(=O)N3[C@H](C(=O)O)C[C@@H]4CCCC[C@@H]43)cc12. The number of pyridine rings is 1. The first-order chi connectivity index (χ1) is 12.5. The Kier molecular flexibility index (Phi) is 4.17. The van der Waals surface area contributed by atoms with Gasteiger partial charge in [0, 0.05) is 12.2 Å². The van der Waals surface area contributed by atoms with E-state index in [1.54, 1.807) is 11.0 Å². The van der Waals surface area contributed by atoms with Crippen LogP contribution in [0.1, 0.15) is 67.9 Å². The monoisotopic (exact) mass is 357 g/mol. The molecule has 26 heavy (non-hydrogen) atoms. The van der Waals surface area contributed by atoms with E-state index in [-0.39, 0.29) is 23.8 Å². The van der Waals surface area contributed by atoms with Gasteiger partial charge in [0.1, 0.15) is 6.04 Å². The summed E-state index contributed by atoms with van der Waals surface area (Å²) in [4.78, 5) is 30.8. The summed E-state index contributed by atoms with van der Waals surface area (Å²) in [5.41, 5.74) is 1.56. The van der Waals surface area contributed by atoms with Crippen LogP contribution in [0.25, 0.3) is 11.1 Å². The van der Waals surface area contributed by atoms with Crippen LogP contribution < -0.4 is 0 Å². The number of fused-ring (bicyclic) bond motifs is 2. The minimum atomic E-state index is -0.922. The first-order valence-corrected chi connectivity index (χ1v) is 9.28. The van der Waals surface area contributed by atoms with Crippen LogP contribution in [-0.4, -0.2) is 44.1 Å². The molecule has 0 unspecified atom stereocenters. The molecule has 0 radical (unpaired) electrons. The van der Waals surface area contributed by atoms with E-state index in [4.69, 9.17) is 4.52 Å². The topological polar surface area (TPSA) is 96.5 Å². The maximum atomic E-state index is 13.2. The van der Waals surface area contributed by atoms with Gasteiger partial charge >= 0.3 is 5.97 Å². The number of carbonyl (C=O) groups excluding carboxylic acids is 1. The molecule has 1 amide bonds. The van der Waals surface area contributed by atoms with Gasteiger partial charge in [0.2, 0.25) is 0 Å². The molecule has 3 heterocycles. The number of hydrogen-bond acceptors (Lipinski definition) is 5. The van der Waals surface area contributed by atoms with Crippen molar-refractivity contribution in [1.29, 1.82) is 0 Å². The third-order valence-electron chi connectivity index (χ3n) is 5.76. The summed E-state index contributed by atoms with van der Waals surface area (Å²) in [6.07, 6.45) is 6.04. The second-order valence-corrected chi connectivity index (χ2v) is 7.71. The summed E-state index contributed by atoms with van der Waals surface area (Å²) in [6, 6.07) is 1.00. The maximum Gasteiger partial charge on any atom is 0.326 e. The van der Waals surface area contributed by atoms with Crippen molar-refractivity contribution in [2.24, 2.45) is 5.92 Å². The average Bonchev–Trinajstić information content (AvgIpc) is 3.22. The predicted molar refractivity (Wildman–Crippen MR) is 93.8 cm³/mol. The lowest BCUT2D eigenvalue weighted by Crippen LogP contribution is -2.46. The number of carboxylic acid groups (broad SMARTS) is 1. The van der Waals surface area contributed by atoms with E-state index in [2.05, 4.69) is 10.1 Å². The van der Waals surface area contributed by atoms with Crippen molar-refractivity contribution in [2.45, 2.75) is 64.0 Å². The van der Waals surface area contributed by atoms with Gasteiger partial charge in [0.05, 0.1) is 16.6 Å². The van der Waals surface area contributed by atoms with E-state index >= 15 is 0 Å². The Bertz CT molecular complexity index is 860. The molecule has 2 fully saturated rings. The average molecular weight is 357 g/mol. The number of aromatic nitrogens is 2. The number of aliphatic carboxylic acids is 1. The third-order valence-corrected chi connectivity index (χ3v) is 5.76. The second-order valence-electron chi connectivity index (χ2n) is 7.71. The fraction of sp³-hybridized carbons (Fsp3) is 0.579. The number of carbonyl (C=O) groups is 2. The molecule has 0 bridgehead atoms. The van der Waals surface area contributed by atoms with E-state index in [0.717, 1.165) is 36.8 Å². The molecule has 2 aromatic rings. The van der Waals surface area contributed by atoms with Gasteiger partial charge < -0.3 is 14.5 Å². The van der Waals surface area contributed by atoms with Crippen molar-refractivity contribution in [3.05, 3.63) is 23.5 Å². The highest BCUT2D eigenvalue weighted by atomic mass is 16.5. The molecular weight excluding hydrogens is 334 g/mol. The van der Waals surface area contributed by atoms with Crippen molar-refractivity contribution in [1.82, 2.24) is 15.0 Å². The van der Waals surface area contributed by atoms with Gasteiger partial charge in [0.15, 0.2) is 0 Å². The van der Waals surface area contributed by atoms with Crippen LogP contribution >= 0.6 is 0 Å². The normalized spacial score (nSPS) is 25.7. The molecule has 1 saturated carbocycles. The number of carboxylic acids is 1. The van der Waals surface area contributed by atoms with Crippen molar-refractivity contribution in [2.75, 3.05) is 0 Å². The molecule has 1 saturated heterocycles. The molecular formula is C19H23N3O4. The van der Waals surface area contributed by atoms with Crippen LogP contribution in [0.4, 0.5) is 0 Å². The van der Waals surface area contributed by atoms with Crippen LogP contribution in [0.5, 0.6) is 0 Å². The molecule has 2 aliphatic rings. The fourth-order valence-corrected chi connectivity index (χ4v) is 4.51. The molecule has 2 aromatic heterocycles. The second kappa shape index (κ2) is 6.37. The molecule has 1 aliphatic heterocycles. The number of rotatable bonds is 3. The highest BCUT2D eigenvalue weighted by Gasteiger charge is 2.47. The summed E-state index contributed by atoms with van der Waals surface area (Å²) in [7, 11) is 0. The zero-order chi connectivity index (χ0) is 18.4.